The second-order valence-corrected chi connectivity index (χ2v) is 10.3. The van der Waals surface area contributed by atoms with Gasteiger partial charge in [-0.2, -0.15) is 0 Å². The van der Waals surface area contributed by atoms with Crippen LogP contribution >= 0.6 is 15.9 Å². The summed E-state index contributed by atoms with van der Waals surface area (Å²) < 4.78 is 30.6. The van der Waals surface area contributed by atoms with E-state index in [2.05, 4.69) is 31.0 Å². The second-order valence-electron chi connectivity index (χ2n) is 7.72. The number of aryl methyl sites for hydroxylation is 1. The minimum Gasteiger partial charge on any atom is -0.327 e. The Morgan fingerprint density at radius 3 is 2.38 bits per heavy atom. The maximum Gasteiger partial charge on any atom is 0.329 e. The van der Waals surface area contributed by atoms with Crippen molar-refractivity contribution in [3.8, 4) is 5.69 Å². The highest BCUT2D eigenvalue weighted by Crippen LogP contribution is 2.22. The summed E-state index contributed by atoms with van der Waals surface area (Å²) in [6.45, 7) is 1.68. The molecule has 1 atom stereocenters. The molecule has 4 aromatic rings. The van der Waals surface area contributed by atoms with Gasteiger partial charge in [0.1, 0.15) is 5.82 Å². The summed E-state index contributed by atoms with van der Waals surface area (Å²) in [6.07, 6.45) is 3.88. The van der Waals surface area contributed by atoms with Crippen LogP contribution in [0.3, 0.4) is 0 Å². The number of benzene rings is 3. The van der Waals surface area contributed by atoms with E-state index in [0.29, 0.717) is 17.8 Å². The number of rotatable bonds is 7. The summed E-state index contributed by atoms with van der Waals surface area (Å²) in [7, 11) is -4.04. The van der Waals surface area contributed by atoms with E-state index in [1.54, 1.807) is 37.5 Å². The molecule has 0 aliphatic heterocycles. The molecule has 34 heavy (non-hydrogen) atoms. The molecule has 9 heteroatoms. The van der Waals surface area contributed by atoms with Gasteiger partial charge in [0.25, 0.3) is 10.0 Å². The second kappa shape index (κ2) is 10.2. The molecule has 0 saturated heterocycles. The molecule has 0 bridgehead atoms. The van der Waals surface area contributed by atoms with Gasteiger partial charge in [-0.15, -0.1) is 0 Å². The first-order chi connectivity index (χ1) is 16.3. The highest BCUT2D eigenvalue weighted by Gasteiger charge is 2.25. The molecule has 1 aromatic heterocycles. The van der Waals surface area contributed by atoms with Crippen molar-refractivity contribution >= 4 is 32.0 Å². The lowest BCUT2D eigenvalue weighted by Crippen LogP contribution is -2.42. The molecule has 0 fully saturated rings. The third-order valence-corrected chi connectivity index (χ3v) is 7.30. The molecule has 0 spiro atoms. The minimum atomic E-state index is -4.04. The van der Waals surface area contributed by atoms with Crippen LogP contribution in [0.15, 0.2) is 101 Å². The lowest BCUT2D eigenvalue weighted by molar-refractivity contribution is 0.241. The van der Waals surface area contributed by atoms with Crippen molar-refractivity contribution in [1.82, 2.24) is 19.6 Å². The van der Waals surface area contributed by atoms with E-state index in [-0.39, 0.29) is 4.90 Å². The van der Waals surface area contributed by atoms with Gasteiger partial charge in [0, 0.05) is 22.6 Å². The van der Waals surface area contributed by atoms with Gasteiger partial charge in [0.2, 0.25) is 0 Å². The first kappa shape index (κ1) is 23.7. The Labute approximate surface area is 207 Å². The van der Waals surface area contributed by atoms with Crippen LogP contribution in [0.5, 0.6) is 0 Å². The van der Waals surface area contributed by atoms with Crippen LogP contribution in [0.4, 0.5) is 4.79 Å². The summed E-state index contributed by atoms with van der Waals surface area (Å²) in [5.74, 6) is 0.578. The normalized spacial score (nSPS) is 12.2. The average molecular weight is 539 g/mol. The van der Waals surface area contributed by atoms with Crippen LogP contribution < -0.4 is 10.0 Å². The van der Waals surface area contributed by atoms with E-state index in [9.17, 15) is 13.2 Å². The molecular formula is C25H23BrN4O3S. The molecule has 3 aromatic carbocycles. The number of halogens is 1. The molecule has 2 N–H and O–H groups in total. The molecule has 0 aliphatic carbocycles. The van der Waals surface area contributed by atoms with Crippen LogP contribution in [0.2, 0.25) is 0 Å². The van der Waals surface area contributed by atoms with Gasteiger partial charge >= 0.3 is 6.03 Å². The molecule has 0 radical (unpaired) electrons. The Morgan fingerprint density at radius 1 is 1.00 bits per heavy atom. The van der Waals surface area contributed by atoms with Gasteiger partial charge in [0.15, 0.2) is 0 Å². The van der Waals surface area contributed by atoms with Gasteiger partial charge in [-0.25, -0.2) is 22.9 Å². The van der Waals surface area contributed by atoms with Crippen molar-refractivity contribution in [2.24, 2.45) is 0 Å². The van der Waals surface area contributed by atoms with Crippen molar-refractivity contribution in [2.45, 2.75) is 24.3 Å². The standard InChI is InChI=1S/C25H23BrN4O3S/c1-18-7-5-6-10-23(18)34(32,33)29-25(31)28-22(17-19-8-3-2-4-9-19)24-27-15-16-30(24)21-13-11-20(26)12-14-21/h2-16,22H,17H2,1H3,(H2,28,29,31). The Morgan fingerprint density at radius 2 is 1.68 bits per heavy atom. The molecule has 0 saturated carbocycles. The number of sulfonamides is 1. The highest BCUT2D eigenvalue weighted by molar-refractivity contribution is 9.10. The zero-order chi connectivity index (χ0) is 24.1. The molecule has 4 rings (SSSR count). The number of nitrogens with one attached hydrogen (secondary N) is 2. The average Bonchev–Trinajstić information content (AvgIpc) is 3.29. The first-order valence-electron chi connectivity index (χ1n) is 10.6. The molecule has 0 aliphatic rings. The molecule has 1 unspecified atom stereocenters. The maximum atomic E-state index is 12.9. The Bertz CT molecular complexity index is 1390. The van der Waals surface area contributed by atoms with Crippen molar-refractivity contribution < 1.29 is 13.2 Å². The third-order valence-electron chi connectivity index (χ3n) is 5.28. The fourth-order valence-corrected chi connectivity index (χ4v) is 5.10. The van der Waals surface area contributed by atoms with E-state index in [0.717, 1.165) is 15.7 Å². The van der Waals surface area contributed by atoms with Crippen LogP contribution in [-0.2, 0) is 16.4 Å². The van der Waals surface area contributed by atoms with Gasteiger partial charge in [-0.3, -0.25) is 0 Å². The van der Waals surface area contributed by atoms with E-state index >= 15 is 0 Å². The first-order valence-corrected chi connectivity index (χ1v) is 12.8. The van der Waals surface area contributed by atoms with Gasteiger partial charge in [0.05, 0.1) is 10.9 Å². The van der Waals surface area contributed by atoms with Crippen molar-refractivity contribution in [3.63, 3.8) is 0 Å². The number of imidazole rings is 1. The predicted octanol–water partition coefficient (Wildman–Crippen LogP) is 4.92. The smallest absolute Gasteiger partial charge is 0.327 e. The number of hydrogen-bond acceptors (Lipinski definition) is 4. The van der Waals surface area contributed by atoms with Gasteiger partial charge < -0.3 is 9.88 Å². The summed E-state index contributed by atoms with van der Waals surface area (Å²) >= 11 is 3.44. The summed E-state index contributed by atoms with van der Waals surface area (Å²) in [6, 6.07) is 22.4. The third kappa shape index (κ3) is 5.55. The highest BCUT2D eigenvalue weighted by atomic mass is 79.9. The van der Waals surface area contributed by atoms with Crippen molar-refractivity contribution in [2.75, 3.05) is 0 Å². The maximum absolute atomic E-state index is 12.9. The van der Waals surface area contributed by atoms with Crippen molar-refractivity contribution in [1.29, 1.82) is 0 Å². The monoisotopic (exact) mass is 538 g/mol. The van der Waals surface area contributed by atoms with Gasteiger partial charge in [-0.1, -0.05) is 64.5 Å². The number of carbonyl (C=O) groups excluding carboxylic acids is 1. The molecular weight excluding hydrogens is 516 g/mol. The number of urea groups is 1. The van der Waals surface area contributed by atoms with Crippen molar-refractivity contribution in [3.05, 3.63) is 113 Å². The quantitative estimate of drug-likeness (QED) is 0.349. The fourth-order valence-electron chi connectivity index (χ4n) is 3.67. The number of carbonyl (C=O) groups is 1. The van der Waals surface area contributed by atoms with E-state index in [1.807, 2.05) is 59.2 Å². The van der Waals surface area contributed by atoms with E-state index in [4.69, 9.17) is 0 Å². The van der Waals surface area contributed by atoms with Crippen LogP contribution in [0, 0.1) is 6.92 Å². The lowest BCUT2D eigenvalue weighted by atomic mass is 10.1. The Kier molecular flexibility index (Phi) is 7.14. The topological polar surface area (TPSA) is 93.1 Å². The zero-order valence-electron chi connectivity index (χ0n) is 18.4. The van der Waals surface area contributed by atoms with Crippen LogP contribution in [0.1, 0.15) is 23.0 Å². The number of hydrogen-bond donors (Lipinski definition) is 2. The lowest BCUT2D eigenvalue weighted by Gasteiger charge is -2.21. The molecule has 1 heterocycles. The number of nitrogens with zero attached hydrogens (tertiary/aromatic N) is 2. The predicted molar refractivity (Wildman–Crippen MR) is 134 cm³/mol. The molecule has 2 amide bonds. The number of amides is 2. The number of aromatic nitrogens is 2. The Hall–Kier alpha value is -3.43. The largest absolute Gasteiger partial charge is 0.329 e. The fraction of sp³-hybridized carbons (Fsp3) is 0.120. The summed E-state index contributed by atoms with van der Waals surface area (Å²) in [4.78, 5) is 17.4. The SMILES string of the molecule is Cc1ccccc1S(=O)(=O)NC(=O)NC(Cc1ccccc1)c1nccn1-c1ccc(Br)cc1. The molecule has 174 valence electrons. The Balaban J connectivity index is 1.63. The van der Waals surface area contributed by atoms with E-state index in [1.165, 1.54) is 6.07 Å². The van der Waals surface area contributed by atoms with E-state index < -0.39 is 22.1 Å². The minimum absolute atomic E-state index is 0.0566. The molecule has 7 nitrogen and oxygen atoms in total. The summed E-state index contributed by atoms with van der Waals surface area (Å²) in [5.41, 5.74) is 2.39. The summed E-state index contributed by atoms with van der Waals surface area (Å²) in [5, 5.41) is 2.81. The van der Waals surface area contributed by atoms with Crippen LogP contribution in [0.25, 0.3) is 5.69 Å². The van der Waals surface area contributed by atoms with Crippen LogP contribution in [-0.4, -0.2) is 24.0 Å². The van der Waals surface area contributed by atoms with Gasteiger partial charge in [-0.05, 0) is 54.8 Å². The zero-order valence-corrected chi connectivity index (χ0v) is 20.8.